The number of nitrogens with one attached hydrogen (secondary N) is 3. The van der Waals surface area contributed by atoms with Crippen molar-refractivity contribution in [3.8, 4) is 0 Å². The van der Waals surface area contributed by atoms with Crippen LogP contribution in [0, 0.1) is 0 Å². The monoisotopic (exact) mass is 129 g/mol. The van der Waals surface area contributed by atoms with Crippen LogP contribution < -0.4 is 16.2 Å². The first-order chi connectivity index (χ1) is 4.43. The minimum Gasteiger partial charge on any atom is -0.320 e. The van der Waals surface area contributed by atoms with Crippen LogP contribution in [-0.4, -0.2) is 26.2 Å². The molecule has 1 saturated heterocycles. The fourth-order valence-corrected chi connectivity index (χ4v) is 1.07. The second-order valence-electron chi connectivity index (χ2n) is 2.45. The van der Waals surface area contributed by atoms with E-state index in [9.17, 15) is 0 Å². The predicted molar refractivity (Wildman–Crippen MR) is 38.1 cm³/mol. The van der Waals surface area contributed by atoms with Crippen molar-refractivity contribution in [1.29, 1.82) is 0 Å². The SMILES string of the molecule is CNCCC1CCNN1. The maximum atomic E-state index is 3.20. The predicted octanol–water partition coefficient (Wildman–Crippen LogP) is -0.538. The van der Waals surface area contributed by atoms with Crippen LogP contribution >= 0.6 is 0 Å². The van der Waals surface area contributed by atoms with Crippen molar-refractivity contribution in [2.45, 2.75) is 18.9 Å². The van der Waals surface area contributed by atoms with E-state index in [0.29, 0.717) is 6.04 Å². The molecule has 0 spiro atoms. The Hall–Kier alpha value is -0.120. The summed E-state index contributed by atoms with van der Waals surface area (Å²) in [5.41, 5.74) is 6.30. The molecule has 1 fully saturated rings. The van der Waals surface area contributed by atoms with Gasteiger partial charge in [0, 0.05) is 12.6 Å². The maximum Gasteiger partial charge on any atom is 0.0237 e. The molecule has 0 saturated carbocycles. The highest BCUT2D eigenvalue weighted by Gasteiger charge is 2.11. The number of hydrogen-bond donors (Lipinski definition) is 3. The Kier molecular flexibility index (Phi) is 2.97. The van der Waals surface area contributed by atoms with Crippen LogP contribution in [0.2, 0.25) is 0 Å². The van der Waals surface area contributed by atoms with Crippen LogP contribution in [-0.2, 0) is 0 Å². The lowest BCUT2D eigenvalue weighted by molar-refractivity contribution is 0.510. The van der Waals surface area contributed by atoms with Crippen LogP contribution in [0.3, 0.4) is 0 Å². The van der Waals surface area contributed by atoms with E-state index >= 15 is 0 Å². The van der Waals surface area contributed by atoms with Gasteiger partial charge < -0.3 is 5.32 Å². The van der Waals surface area contributed by atoms with Crippen molar-refractivity contribution < 1.29 is 0 Å². The zero-order valence-electron chi connectivity index (χ0n) is 5.91. The molecule has 54 valence electrons. The highest BCUT2D eigenvalue weighted by atomic mass is 15.4. The van der Waals surface area contributed by atoms with Crippen LogP contribution in [0.5, 0.6) is 0 Å². The molecule has 0 amide bonds. The quantitative estimate of drug-likeness (QED) is 0.479. The van der Waals surface area contributed by atoms with E-state index in [1.807, 2.05) is 7.05 Å². The van der Waals surface area contributed by atoms with Gasteiger partial charge in [0.05, 0.1) is 0 Å². The third-order valence-corrected chi connectivity index (χ3v) is 1.67. The van der Waals surface area contributed by atoms with Crippen molar-refractivity contribution in [2.75, 3.05) is 20.1 Å². The zero-order chi connectivity index (χ0) is 6.53. The number of hydrogen-bond acceptors (Lipinski definition) is 3. The van der Waals surface area contributed by atoms with E-state index in [4.69, 9.17) is 0 Å². The van der Waals surface area contributed by atoms with Crippen molar-refractivity contribution in [3.05, 3.63) is 0 Å². The topological polar surface area (TPSA) is 36.1 Å². The smallest absolute Gasteiger partial charge is 0.0237 e. The summed E-state index contributed by atoms with van der Waals surface area (Å²) in [5, 5.41) is 3.13. The normalized spacial score (nSPS) is 27.0. The summed E-state index contributed by atoms with van der Waals surface area (Å²) in [7, 11) is 1.99. The van der Waals surface area contributed by atoms with Crippen molar-refractivity contribution in [3.63, 3.8) is 0 Å². The van der Waals surface area contributed by atoms with E-state index in [2.05, 4.69) is 16.2 Å². The average Bonchev–Trinajstić information content (AvgIpc) is 2.34. The standard InChI is InChI=1S/C6H15N3/c1-7-4-2-6-3-5-8-9-6/h6-9H,2-5H2,1H3. The Morgan fingerprint density at radius 1 is 1.67 bits per heavy atom. The van der Waals surface area contributed by atoms with Gasteiger partial charge in [0.1, 0.15) is 0 Å². The second kappa shape index (κ2) is 3.82. The van der Waals surface area contributed by atoms with E-state index in [-0.39, 0.29) is 0 Å². The second-order valence-corrected chi connectivity index (χ2v) is 2.45. The largest absolute Gasteiger partial charge is 0.320 e. The van der Waals surface area contributed by atoms with Crippen LogP contribution in [0.15, 0.2) is 0 Å². The minimum atomic E-state index is 0.692. The van der Waals surface area contributed by atoms with Gasteiger partial charge in [0.15, 0.2) is 0 Å². The van der Waals surface area contributed by atoms with Crippen molar-refractivity contribution in [2.24, 2.45) is 0 Å². The molecular weight excluding hydrogens is 114 g/mol. The Morgan fingerprint density at radius 3 is 3.11 bits per heavy atom. The Morgan fingerprint density at radius 2 is 2.56 bits per heavy atom. The highest BCUT2D eigenvalue weighted by Crippen LogP contribution is 1.98. The summed E-state index contributed by atoms with van der Waals surface area (Å²) in [6.45, 7) is 2.23. The summed E-state index contributed by atoms with van der Waals surface area (Å²) < 4.78 is 0. The molecule has 0 aromatic heterocycles. The molecule has 3 heteroatoms. The summed E-state index contributed by atoms with van der Waals surface area (Å²) in [4.78, 5) is 0. The third-order valence-electron chi connectivity index (χ3n) is 1.67. The molecule has 1 aliphatic heterocycles. The van der Waals surface area contributed by atoms with Gasteiger partial charge in [0.2, 0.25) is 0 Å². The molecule has 1 atom stereocenters. The first kappa shape index (κ1) is 6.99. The molecule has 0 aromatic carbocycles. The lowest BCUT2D eigenvalue weighted by Gasteiger charge is -2.06. The van der Waals surface area contributed by atoms with Gasteiger partial charge in [-0.05, 0) is 26.4 Å². The van der Waals surface area contributed by atoms with E-state index in [1.165, 1.54) is 12.8 Å². The van der Waals surface area contributed by atoms with E-state index in [1.54, 1.807) is 0 Å². The van der Waals surface area contributed by atoms with Crippen molar-refractivity contribution >= 4 is 0 Å². The molecule has 3 N–H and O–H groups in total. The number of rotatable bonds is 3. The number of hydrazine groups is 1. The van der Waals surface area contributed by atoms with Gasteiger partial charge in [0.25, 0.3) is 0 Å². The molecule has 0 radical (unpaired) electrons. The fraction of sp³-hybridized carbons (Fsp3) is 1.00. The summed E-state index contributed by atoms with van der Waals surface area (Å²) in [5.74, 6) is 0. The molecule has 9 heavy (non-hydrogen) atoms. The molecule has 1 unspecified atom stereocenters. The van der Waals surface area contributed by atoms with Gasteiger partial charge in [-0.15, -0.1) is 0 Å². The first-order valence-electron chi connectivity index (χ1n) is 3.56. The lowest BCUT2D eigenvalue weighted by atomic mass is 10.2. The molecule has 1 aliphatic rings. The summed E-state index contributed by atoms with van der Waals surface area (Å²) in [6, 6.07) is 0.692. The molecule has 0 bridgehead atoms. The highest BCUT2D eigenvalue weighted by molar-refractivity contribution is 4.71. The molecule has 3 nitrogen and oxygen atoms in total. The lowest BCUT2D eigenvalue weighted by Crippen LogP contribution is -2.31. The fourth-order valence-electron chi connectivity index (χ4n) is 1.07. The van der Waals surface area contributed by atoms with Crippen LogP contribution in [0.25, 0.3) is 0 Å². The molecule has 1 heterocycles. The molecular formula is C6H15N3. The van der Waals surface area contributed by atoms with Gasteiger partial charge in [-0.25, -0.2) is 0 Å². The zero-order valence-corrected chi connectivity index (χ0v) is 5.91. The summed E-state index contributed by atoms with van der Waals surface area (Å²) >= 11 is 0. The summed E-state index contributed by atoms with van der Waals surface area (Å²) in [6.07, 6.45) is 2.49. The van der Waals surface area contributed by atoms with Crippen LogP contribution in [0.4, 0.5) is 0 Å². The molecule has 0 aliphatic carbocycles. The first-order valence-corrected chi connectivity index (χ1v) is 3.56. The Labute approximate surface area is 56.2 Å². The van der Waals surface area contributed by atoms with Crippen molar-refractivity contribution in [1.82, 2.24) is 16.2 Å². The minimum absolute atomic E-state index is 0.692. The Balaban J connectivity index is 1.98. The molecule has 1 rings (SSSR count). The molecule has 0 aromatic rings. The van der Waals surface area contributed by atoms with Gasteiger partial charge in [-0.1, -0.05) is 0 Å². The van der Waals surface area contributed by atoms with Gasteiger partial charge in [-0.3, -0.25) is 10.9 Å². The van der Waals surface area contributed by atoms with E-state index in [0.717, 1.165) is 13.1 Å². The van der Waals surface area contributed by atoms with Crippen LogP contribution in [0.1, 0.15) is 12.8 Å². The van der Waals surface area contributed by atoms with Gasteiger partial charge in [-0.2, -0.15) is 0 Å². The van der Waals surface area contributed by atoms with Gasteiger partial charge >= 0.3 is 0 Å². The Bertz CT molecular complexity index is 68.7. The maximum absolute atomic E-state index is 3.20. The average molecular weight is 129 g/mol. The van der Waals surface area contributed by atoms with E-state index < -0.39 is 0 Å². The third kappa shape index (κ3) is 2.30.